The lowest BCUT2D eigenvalue weighted by Crippen LogP contribution is -2.52. The second-order valence-corrected chi connectivity index (χ2v) is 13.7. The van der Waals surface area contributed by atoms with Crippen molar-refractivity contribution in [2.75, 3.05) is 40.0 Å². The number of amides is 1. The molecule has 0 aromatic heterocycles. The molecule has 0 radical (unpaired) electrons. The van der Waals surface area contributed by atoms with Gasteiger partial charge in [0.2, 0.25) is 15.9 Å². The lowest BCUT2D eigenvalue weighted by atomic mass is 10.00. The Hall–Kier alpha value is -2.31. The SMILES string of the molecule is COc1ccc(S(=O)N(CC(C)C)C[C@@H](O)[C@H](Cc2ccccc2)NC(=O)[C@H](C)CS(=O)(=O)N(C)C)cc1. The van der Waals surface area contributed by atoms with Crippen molar-refractivity contribution < 1.29 is 27.3 Å². The van der Waals surface area contributed by atoms with Gasteiger partial charge in [0, 0.05) is 27.2 Å². The molecule has 1 amide bonds. The lowest BCUT2D eigenvalue weighted by molar-refractivity contribution is -0.125. The van der Waals surface area contributed by atoms with Crippen LogP contribution < -0.4 is 10.1 Å². The maximum absolute atomic E-state index is 13.5. The molecule has 0 aliphatic heterocycles. The summed E-state index contributed by atoms with van der Waals surface area (Å²) in [5.74, 6) is -0.823. The molecular formula is C27H41N3O6S2. The summed E-state index contributed by atoms with van der Waals surface area (Å²) >= 11 is 0. The van der Waals surface area contributed by atoms with Gasteiger partial charge in [0.25, 0.3) is 0 Å². The molecule has 0 heterocycles. The van der Waals surface area contributed by atoms with Crippen LogP contribution in [-0.4, -0.2) is 84.4 Å². The molecule has 0 aliphatic rings. The average Bonchev–Trinajstić information content (AvgIpc) is 2.87. The van der Waals surface area contributed by atoms with Crippen LogP contribution in [0.5, 0.6) is 5.75 Å². The molecule has 0 saturated heterocycles. The van der Waals surface area contributed by atoms with E-state index >= 15 is 0 Å². The highest BCUT2D eigenvalue weighted by Gasteiger charge is 2.30. The first-order chi connectivity index (χ1) is 17.8. The third-order valence-corrected chi connectivity index (χ3v) is 9.49. The smallest absolute Gasteiger partial charge is 0.224 e. The van der Waals surface area contributed by atoms with Crippen LogP contribution in [0.25, 0.3) is 0 Å². The van der Waals surface area contributed by atoms with E-state index in [4.69, 9.17) is 4.74 Å². The molecule has 1 unspecified atom stereocenters. The number of carbonyl (C=O) groups excluding carboxylic acids is 1. The van der Waals surface area contributed by atoms with Crippen LogP contribution in [0.2, 0.25) is 0 Å². The molecule has 2 N–H and O–H groups in total. The van der Waals surface area contributed by atoms with E-state index in [-0.39, 0.29) is 18.2 Å². The van der Waals surface area contributed by atoms with Crippen LogP contribution in [0.1, 0.15) is 26.3 Å². The van der Waals surface area contributed by atoms with Gasteiger partial charge in [-0.2, -0.15) is 0 Å². The van der Waals surface area contributed by atoms with Crippen molar-refractivity contribution in [2.24, 2.45) is 11.8 Å². The minimum Gasteiger partial charge on any atom is -0.497 e. The Labute approximate surface area is 229 Å². The Kier molecular flexibility index (Phi) is 12.4. The summed E-state index contributed by atoms with van der Waals surface area (Å²) in [6, 6.07) is 15.6. The molecule has 4 atom stereocenters. The van der Waals surface area contributed by atoms with Crippen molar-refractivity contribution in [3.05, 3.63) is 60.2 Å². The Bertz CT molecular complexity index is 1140. The molecule has 0 saturated carbocycles. The Morgan fingerprint density at radius 2 is 1.63 bits per heavy atom. The Morgan fingerprint density at radius 1 is 1.03 bits per heavy atom. The van der Waals surface area contributed by atoms with Crippen molar-refractivity contribution in [3.8, 4) is 5.75 Å². The predicted octanol–water partition coefficient (Wildman–Crippen LogP) is 2.29. The summed E-state index contributed by atoms with van der Waals surface area (Å²) in [6.07, 6.45) is -0.747. The van der Waals surface area contributed by atoms with Gasteiger partial charge in [0.05, 0.1) is 35.8 Å². The molecule has 0 aliphatic carbocycles. The van der Waals surface area contributed by atoms with Gasteiger partial charge in [0.1, 0.15) is 16.7 Å². The van der Waals surface area contributed by atoms with Gasteiger partial charge in [-0.15, -0.1) is 0 Å². The molecular weight excluding hydrogens is 526 g/mol. The third kappa shape index (κ3) is 9.77. The third-order valence-electron chi connectivity index (χ3n) is 6.01. The number of ether oxygens (including phenoxy) is 1. The quantitative estimate of drug-likeness (QED) is 0.341. The van der Waals surface area contributed by atoms with Crippen molar-refractivity contribution in [3.63, 3.8) is 0 Å². The fourth-order valence-corrected chi connectivity index (χ4v) is 6.28. The van der Waals surface area contributed by atoms with Gasteiger partial charge in [-0.3, -0.25) is 4.79 Å². The number of benzene rings is 2. The number of aliphatic hydroxyl groups is 1. The minimum absolute atomic E-state index is 0.0407. The lowest BCUT2D eigenvalue weighted by Gasteiger charge is -2.31. The minimum atomic E-state index is -3.58. The van der Waals surface area contributed by atoms with Crippen LogP contribution >= 0.6 is 0 Å². The molecule has 2 aromatic carbocycles. The van der Waals surface area contributed by atoms with Crippen LogP contribution in [0.3, 0.4) is 0 Å². The van der Waals surface area contributed by atoms with Crippen molar-refractivity contribution in [2.45, 2.75) is 44.2 Å². The number of hydrogen-bond donors (Lipinski definition) is 2. The Balaban J connectivity index is 2.26. The first-order valence-corrected chi connectivity index (χ1v) is 15.3. The van der Waals surface area contributed by atoms with E-state index < -0.39 is 45.0 Å². The van der Waals surface area contributed by atoms with E-state index in [1.54, 1.807) is 42.6 Å². The topological polar surface area (TPSA) is 116 Å². The monoisotopic (exact) mass is 567 g/mol. The van der Waals surface area contributed by atoms with E-state index in [9.17, 15) is 22.5 Å². The standard InChI is InChI=1S/C27H41N3O6S2/c1-20(2)17-30(37(33)24-14-12-23(36-6)13-15-24)18-26(31)25(16-22-10-8-7-9-11-22)28-27(32)21(3)19-38(34,35)29(4)5/h7-15,20-21,25-26,31H,16-19H2,1-6H3,(H,28,32)/t21-,25+,26-,37?/m1/s1. The molecule has 9 nitrogen and oxygen atoms in total. The number of hydrogen-bond acceptors (Lipinski definition) is 6. The zero-order valence-electron chi connectivity index (χ0n) is 23.0. The van der Waals surface area contributed by atoms with Gasteiger partial charge < -0.3 is 15.2 Å². The number of nitrogens with zero attached hydrogens (tertiary/aromatic N) is 2. The van der Waals surface area contributed by atoms with E-state index in [1.165, 1.54) is 14.1 Å². The molecule has 0 spiro atoms. The van der Waals surface area contributed by atoms with Gasteiger partial charge in [-0.25, -0.2) is 21.2 Å². The molecule has 212 valence electrons. The van der Waals surface area contributed by atoms with Gasteiger partial charge in [0.15, 0.2) is 0 Å². The zero-order valence-corrected chi connectivity index (χ0v) is 24.7. The number of rotatable bonds is 15. The highest BCUT2D eigenvalue weighted by molar-refractivity contribution is 7.89. The summed E-state index contributed by atoms with van der Waals surface area (Å²) in [6.45, 7) is 6.05. The molecule has 11 heteroatoms. The zero-order chi connectivity index (χ0) is 28.5. The predicted molar refractivity (Wildman–Crippen MR) is 151 cm³/mol. The highest BCUT2D eigenvalue weighted by atomic mass is 32.2. The number of sulfonamides is 1. The van der Waals surface area contributed by atoms with Crippen LogP contribution in [0.15, 0.2) is 59.5 Å². The highest BCUT2D eigenvalue weighted by Crippen LogP contribution is 2.19. The van der Waals surface area contributed by atoms with E-state index in [1.807, 2.05) is 44.2 Å². The first-order valence-electron chi connectivity index (χ1n) is 12.6. The fourth-order valence-electron chi connectivity index (χ4n) is 3.81. The van der Waals surface area contributed by atoms with Gasteiger partial charge >= 0.3 is 0 Å². The normalized spacial score (nSPS) is 15.3. The summed E-state index contributed by atoms with van der Waals surface area (Å²) in [5, 5.41) is 14.2. The van der Waals surface area contributed by atoms with Gasteiger partial charge in [-0.1, -0.05) is 51.1 Å². The van der Waals surface area contributed by atoms with Crippen molar-refractivity contribution in [1.29, 1.82) is 0 Å². The van der Waals surface area contributed by atoms with Crippen LogP contribution in [-0.2, 0) is 32.2 Å². The number of aliphatic hydroxyl groups excluding tert-OH is 1. The maximum atomic E-state index is 13.5. The van der Waals surface area contributed by atoms with E-state index in [2.05, 4.69) is 5.32 Å². The largest absolute Gasteiger partial charge is 0.497 e. The van der Waals surface area contributed by atoms with Gasteiger partial charge in [-0.05, 0) is 42.2 Å². The summed E-state index contributed by atoms with van der Waals surface area (Å²) in [4.78, 5) is 13.6. The van der Waals surface area contributed by atoms with E-state index in [0.29, 0.717) is 23.6 Å². The number of carbonyl (C=O) groups is 1. The Morgan fingerprint density at radius 3 is 2.16 bits per heavy atom. The van der Waals surface area contributed by atoms with Crippen molar-refractivity contribution in [1.82, 2.24) is 13.9 Å². The second-order valence-electron chi connectivity index (χ2n) is 10.00. The summed E-state index contributed by atoms with van der Waals surface area (Å²) < 4.78 is 46.1. The number of methoxy groups -OCH3 is 1. The average molecular weight is 568 g/mol. The summed E-state index contributed by atoms with van der Waals surface area (Å²) in [7, 11) is -0.729. The summed E-state index contributed by atoms with van der Waals surface area (Å²) in [5.41, 5.74) is 0.900. The fraction of sp³-hybridized carbons (Fsp3) is 0.519. The van der Waals surface area contributed by atoms with Crippen LogP contribution in [0.4, 0.5) is 0 Å². The van der Waals surface area contributed by atoms with E-state index in [0.717, 1.165) is 9.87 Å². The molecule has 38 heavy (non-hydrogen) atoms. The number of nitrogens with one attached hydrogen (secondary N) is 1. The molecule has 0 bridgehead atoms. The second kappa shape index (κ2) is 14.7. The van der Waals surface area contributed by atoms with Crippen LogP contribution in [0, 0.1) is 11.8 Å². The van der Waals surface area contributed by atoms with Crippen molar-refractivity contribution >= 4 is 26.9 Å². The molecule has 2 aromatic rings. The molecule has 0 fully saturated rings. The first kappa shape index (κ1) is 31.9. The molecule has 2 rings (SSSR count). The maximum Gasteiger partial charge on any atom is 0.224 e.